The molecule has 4 N–H and O–H groups in total. The van der Waals surface area contributed by atoms with Crippen LogP contribution in [0.25, 0.3) is 33.4 Å². The molecule has 0 unspecified atom stereocenters. The van der Waals surface area contributed by atoms with Gasteiger partial charge in [0.2, 0.25) is 0 Å². The Balaban J connectivity index is 0.000000195. The minimum absolute atomic E-state index is 0. The minimum atomic E-state index is 0. The zero-order valence-electron chi connectivity index (χ0n) is 21.3. The maximum absolute atomic E-state index is 2.12. The monoisotopic (exact) mass is 498 g/mol. The van der Waals surface area contributed by atoms with E-state index in [1.165, 1.54) is 33.4 Å². The fourth-order valence-corrected chi connectivity index (χ4v) is 3.78. The quantitative estimate of drug-likeness (QED) is 0.235. The molecular formula is C36H34O2. The van der Waals surface area contributed by atoms with E-state index in [-0.39, 0.29) is 11.0 Å². The average molecular weight is 499 g/mol. The lowest BCUT2D eigenvalue weighted by atomic mass is 10.1. The molecule has 0 bridgehead atoms. The summed E-state index contributed by atoms with van der Waals surface area (Å²) in [5.74, 6) is 0. The van der Waals surface area contributed by atoms with Crippen LogP contribution < -0.4 is 0 Å². The van der Waals surface area contributed by atoms with Gasteiger partial charge in [-0.25, -0.2) is 0 Å². The smallest absolute Gasteiger partial charge is 0.0184 e. The van der Waals surface area contributed by atoms with Crippen LogP contribution in [-0.2, 0) is 0 Å². The molecule has 0 amide bonds. The van der Waals surface area contributed by atoms with Gasteiger partial charge >= 0.3 is 0 Å². The molecule has 6 rings (SSSR count). The highest BCUT2D eigenvalue weighted by molar-refractivity contribution is 5.64. The number of benzene rings is 6. The molecule has 0 aromatic heterocycles. The number of rotatable bonds is 3. The van der Waals surface area contributed by atoms with Crippen LogP contribution in [0, 0.1) is 0 Å². The lowest BCUT2D eigenvalue weighted by Crippen LogP contribution is -1.73. The van der Waals surface area contributed by atoms with Crippen molar-refractivity contribution >= 4 is 0 Å². The highest BCUT2D eigenvalue weighted by atomic mass is 16.0. The minimum Gasteiger partial charge on any atom is -0.412 e. The Morgan fingerprint density at radius 3 is 0.368 bits per heavy atom. The first kappa shape index (κ1) is 29.5. The summed E-state index contributed by atoms with van der Waals surface area (Å²) < 4.78 is 0. The van der Waals surface area contributed by atoms with Crippen LogP contribution in [0.5, 0.6) is 0 Å². The van der Waals surface area contributed by atoms with Crippen LogP contribution in [0.1, 0.15) is 0 Å². The van der Waals surface area contributed by atoms with E-state index in [4.69, 9.17) is 0 Å². The fourth-order valence-electron chi connectivity index (χ4n) is 3.78. The van der Waals surface area contributed by atoms with Crippen molar-refractivity contribution in [1.29, 1.82) is 0 Å². The van der Waals surface area contributed by atoms with E-state index < -0.39 is 0 Å². The average Bonchev–Trinajstić information content (AvgIpc) is 3.01. The van der Waals surface area contributed by atoms with Gasteiger partial charge in [0.25, 0.3) is 0 Å². The second-order valence-corrected chi connectivity index (χ2v) is 8.20. The maximum Gasteiger partial charge on any atom is -0.0184 e. The van der Waals surface area contributed by atoms with E-state index in [1.54, 1.807) is 0 Å². The molecule has 190 valence electrons. The van der Waals surface area contributed by atoms with Gasteiger partial charge in [-0.15, -0.1) is 0 Å². The van der Waals surface area contributed by atoms with Crippen molar-refractivity contribution in [2.45, 2.75) is 0 Å². The predicted octanol–water partition coefficient (Wildman–Crippen LogP) is 8.41. The summed E-state index contributed by atoms with van der Waals surface area (Å²) in [5, 5.41) is 0. The van der Waals surface area contributed by atoms with Crippen LogP contribution in [0.3, 0.4) is 0 Å². The summed E-state index contributed by atoms with van der Waals surface area (Å²) >= 11 is 0. The summed E-state index contributed by atoms with van der Waals surface area (Å²) in [4.78, 5) is 0. The summed E-state index contributed by atoms with van der Waals surface area (Å²) in [5.41, 5.74) is 7.66. The van der Waals surface area contributed by atoms with Crippen LogP contribution in [0.15, 0.2) is 182 Å². The number of hydrogen-bond donors (Lipinski definition) is 0. The highest BCUT2D eigenvalue weighted by Gasteiger charge is 1.93. The van der Waals surface area contributed by atoms with Gasteiger partial charge in [0.1, 0.15) is 0 Å². The SMILES string of the molecule is O.O.c1ccc(-c2ccccc2)cc1.c1ccc(-c2ccccc2)cc1.c1ccc(-c2ccccc2)cc1. The standard InChI is InChI=1S/3C12H10.2H2O/c3*1-3-7-11(8-4-1)12-9-5-2-6-10-12;;/h3*1-10H;2*1H2. The van der Waals surface area contributed by atoms with Gasteiger partial charge < -0.3 is 11.0 Å². The maximum atomic E-state index is 2.12. The fraction of sp³-hybridized carbons (Fsp3) is 0. The van der Waals surface area contributed by atoms with E-state index in [2.05, 4.69) is 146 Å². The van der Waals surface area contributed by atoms with E-state index in [0.29, 0.717) is 0 Å². The third kappa shape index (κ3) is 9.36. The zero-order chi connectivity index (χ0) is 24.7. The van der Waals surface area contributed by atoms with Gasteiger partial charge in [-0.2, -0.15) is 0 Å². The Hall–Kier alpha value is -4.76. The first-order valence-electron chi connectivity index (χ1n) is 12.2. The van der Waals surface area contributed by atoms with E-state index in [0.717, 1.165) is 0 Å². The molecule has 0 spiro atoms. The first-order valence-corrected chi connectivity index (χ1v) is 12.2. The molecule has 0 radical (unpaired) electrons. The second kappa shape index (κ2) is 16.8. The molecule has 0 heterocycles. The van der Waals surface area contributed by atoms with E-state index >= 15 is 0 Å². The predicted molar refractivity (Wildman–Crippen MR) is 163 cm³/mol. The molecule has 6 aromatic rings. The second-order valence-electron chi connectivity index (χ2n) is 8.20. The molecular weight excluding hydrogens is 464 g/mol. The normalized spacial score (nSPS) is 9.16. The highest BCUT2D eigenvalue weighted by Crippen LogP contribution is 2.19. The molecule has 0 aliphatic heterocycles. The van der Waals surface area contributed by atoms with Crippen LogP contribution in [0.4, 0.5) is 0 Å². The van der Waals surface area contributed by atoms with Crippen LogP contribution in [0.2, 0.25) is 0 Å². The Morgan fingerprint density at radius 1 is 0.158 bits per heavy atom. The molecule has 2 heteroatoms. The van der Waals surface area contributed by atoms with Gasteiger partial charge in [-0.3, -0.25) is 0 Å². The van der Waals surface area contributed by atoms with Crippen molar-refractivity contribution in [3.63, 3.8) is 0 Å². The molecule has 0 saturated carbocycles. The largest absolute Gasteiger partial charge is 0.412 e. The molecule has 2 nitrogen and oxygen atoms in total. The Bertz CT molecular complexity index is 1080. The third-order valence-corrected chi connectivity index (χ3v) is 5.64. The lowest BCUT2D eigenvalue weighted by molar-refractivity contribution is 0.823. The van der Waals surface area contributed by atoms with Crippen molar-refractivity contribution in [2.24, 2.45) is 0 Å². The zero-order valence-corrected chi connectivity index (χ0v) is 21.3. The summed E-state index contributed by atoms with van der Waals surface area (Å²) in [7, 11) is 0. The Morgan fingerprint density at radius 2 is 0.263 bits per heavy atom. The topological polar surface area (TPSA) is 63.0 Å². The molecule has 0 fully saturated rings. The number of hydrogen-bond acceptors (Lipinski definition) is 0. The molecule has 0 aliphatic rings. The van der Waals surface area contributed by atoms with Gasteiger partial charge in [0.05, 0.1) is 0 Å². The Labute approximate surface area is 226 Å². The van der Waals surface area contributed by atoms with Crippen molar-refractivity contribution in [3.8, 4) is 33.4 Å². The van der Waals surface area contributed by atoms with E-state index in [1.807, 2.05) is 36.4 Å². The molecule has 0 saturated heterocycles. The molecule has 6 aromatic carbocycles. The summed E-state index contributed by atoms with van der Waals surface area (Å²) in [6.07, 6.45) is 0. The van der Waals surface area contributed by atoms with E-state index in [9.17, 15) is 0 Å². The molecule has 0 atom stereocenters. The summed E-state index contributed by atoms with van der Waals surface area (Å²) in [6, 6.07) is 62.3. The summed E-state index contributed by atoms with van der Waals surface area (Å²) in [6.45, 7) is 0. The van der Waals surface area contributed by atoms with Crippen molar-refractivity contribution in [3.05, 3.63) is 182 Å². The van der Waals surface area contributed by atoms with Gasteiger partial charge in [0, 0.05) is 0 Å². The van der Waals surface area contributed by atoms with Crippen molar-refractivity contribution in [1.82, 2.24) is 0 Å². The van der Waals surface area contributed by atoms with Crippen molar-refractivity contribution < 1.29 is 11.0 Å². The van der Waals surface area contributed by atoms with Gasteiger partial charge in [-0.05, 0) is 33.4 Å². The van der Waals surface area contributed by atoms with Crippen molar-refractivity contribution in [2.75, 3.05) is 0 Å². The van der Waals surface area contributed by atoms with Gasteiger partial charge in [-0.1, -0.05) is 182 Å². The lowest BCUT2D eigenvalue weighted by Gasteiger charge is -1.98. The van der Waals surface area contributed by atoms with Gasteiger partial charge in [0.15, 0.2) is 0 Å². The molecule has 0 aliphatic carbocycles. The molecule has 38 heavy (non-hydrogen) atoms. The Kier molecular flexibility index (Phi) is 13.1. The third-order valence-electron chi connectivity index (χ3n) is 5.64. The first-order chi connectivity index (χ1) is 17.9. The van der Waals surface area contributed by atoms with Crippen LogP contribution >= 0.6 is 0 Å². The van der Waals surface area contributed by atoms with Crippen LogP contribution in [-0.4, -0.2) is 11.0 Å².